The first kappa shape index (κ1) is 33.6. The van der Waals surface area contributed by atoms with E-state index in [1.54, 1.807) is 19.2 Å². The Balaban J connectivity index is 2.69. The Morgan fingerprint density at radius 3 is 1.79 bits per heavy atom. The maximum absolute atomic E-state index is 13.0. The van der Waals surface area contributed by atoms with Crippen LogP contribution in [0.2, 0.25) is 0 Å². The van der Waals surface area contributed by atoms with Crippen LogP contribution in [0, 0.1) is 10.8 Å². The molecule has 0 fully saturated rings. The second kappa shape index (κ2) is 15.2. The molecule has 0 spiro atoms. The zero-order valence-corrected chi connectivity index (χ0v) is 24.7. The van der Waals surface area contributed by atoms with E-state index in [0.29, 0.717) is 5.75 Å². The number of aliphatic carboxylic acids is 2. The van der Waals surface area contributed by atoms with Crippen molar-refractivity contribution in [1.29, 1.82) is 0 Å². The highest BCUT2D eigenvalue weighted by molar-refractivity contribution is 8.76. The van der Waals surface area contributed by atoms with Crippen molar-refractivity contribution in [3.8, 4) is 5.75 Å². The molecule has 4 N–H and O–H groups in total. The second-order valence-electron chi connectivity index (χ2n) is 11.1. The van der Waals surface area contributed by atoms with Gasteiger partial charge in [0.25, 0.3) is 0 Å². The Bertz CT molecular complexity index is 942. The lowest BCUT2D eigenvalue weighted by Gasteiger charge is -2.30. The number of hydrogen-bond acceptors (Lipinski definition) is 8. The third-order valence-electron chi connectivity index (χ3n) is 5.09. The van der Waals surface area contributed by atoms with E-state index in [1.165, 1.54) is 0 Å². The minimum atomic E-state index is -1.22. The van der Waals surface area contributed by atoms with E-state index in [-0.39, 0.29) is 35.9 Å². The van der Waals surface area contributed by atoms with Crippen LogP contribution in [0.5, 0.6) is 5.75 Å². The molecule has 0 bridgehead atoms. The molecular formula is C26H40N2O8S2. The fraction of sp³-hybridized carbons (Fsp3) is 0.615. The van der Waals surface area contributed by atoms with E-state index in [9.17, 15) is 29.4 Å². The van der Waals surface area contributed by atoms with Crippen molar-refractivity contribution in [2.45, 2.75) is 72.8 Å². The third-order valence-corrected chi connectivity index (χ3v) is 7.51. The van der Waals surface area contributed by atoms with Crippen LogP contribution in [-0.4, -0.2) is 70.8 Å². The number of benzene rings is 1. The first-order chi connectivity index (χ1) is 17.5. The van der Waals surface area contributed by atoms with E-state index in [0.717, 1.165) is 27.2 Å². The summed E-state index contributed by atoms with van der Waals surface area (Å²) >= 11 is 0. The molecule has 0 radical (unpaired) electrons. The van der Waals surface area contributed by atoms with Crippen molar-refractivity contribution < 1.29 is 38.9 Å². The molecule has 38 heavy (non-hydrogen) atoms. The van der Waals surface area contributed by atoms with Gasteiger partial charge < -0.3 is 30.3 Å². The van der Waals surface area contributed by atoms with Crippen LogP contribution >= 0.6 is 21.6 Å². The number of ether oxygens (including phenoxy) is 2. The third kappa shape index (κ3) is 12.9. The van der Waals surface area contributed by atoms with Crippen LogP contribution < -0.4 is 15.4 Å². The van der Waals surface area contributed by atoms with Gasteiger partial charge in [-0.05, 0) is 28.5 Å². The van der Waals surface area contributed by atoms with Gasteiger partial charge in [-0.15, -0.1) is 0 Å². The molecule has 3 atom stereocenters. The summed E-state index contributed by atoms with van der Waals surface area (Å²) in [5, 5.41) is 24.1. The van der Waals surface area contributed by atoms with Gasteiger partial charge in [-0.2, -0.15) is 0 Å². The molecule has 0 heterocycles. The Morgan fingerprint density at radius 2 is 1.37 bits per heavy atom. The van der Waals surface area contributed by atoms with Gasteiger partial charge in [-0.1, -0.05) is 75.3 Å². The Hall–Kier alpha value is -2.44. The molecule has 2 amide bonds. The van der Waals surface area contributed by atoms with Gasteiger partial charge in [-0.3, -0.25) is 9.59 Å². The van der Waals surface area contributed by atoms with Crippen molar-refractivity contribution in [2.75, 3.05) is 18.6 Å². The van der Waals surface area contributed by atoms with Gasteiger partial charge in [0.1, 0.15) is 23.9 Å². The molecule has 12 heteroatoms. The topological polar surface area (TPSA) is 151 Å². The van der Waals surface area contributed by atoms with Crippen molar-refractivity contribution in [3.05, 3.63) is 29.8 Å². The zero-order chi connectivity index (χ0) is 29.1. The summed E-state index contributed by atoms with van der Waals surface area (Å²) in [7, 11) is 3.78. The molecule has 0 aliphatic rings. The predicted octanol–water partition coefficient (Wildman–Crippen LogP) is 3.58. The highest BCUT2D eigenvalue weighted by atomic mass is 33.1. The molecule has 0 aliphatic heterocycles. The average Bonchev–Trinajstić information content (AvgIpc) is 2.78. The number of carbonyl (C=O) groups excluding carboxylic acids is 2. The Labute approximate surface area is 232 Å². The monoisotopic (exact) mass is 572 g/mol. The van der Waals surface area contributed by atoms with Crippen molar-refractivity contribution in [3.63, 3.8) is 0 Å². The summed E-state index contributed by atoms with van der Waals surface area (Å²) in [5.41, 5.74) is -0.0654. The lowest BCUT2D eigenvalue weighted by atomic mass is 9.88. The van der Waals surface area contributed by atoms with E-state index >= 15 is 0 Å². The largest absolute Gasteiger partial charge is 0.497 e. The molecule has 1 aromatic carbocycles. The molecule has 0 saturated heterocycles. The van der Waals surface area contributed by atoms with E-state index < -0.39 is 41.4 Å². The summed E-state index contributed by atoms with van der Waals surface area (Å²) in [4.78, 5) is 48.5. The van der Waals surface area contributed by atoms with Gasteiger partial charge in [0.2, 0.25) is 11.8 Å². The molecule has 0 aromatic heterocycles. The van der Waals surface area contributed by atoms with Crippen molar-refractivity contribution in [1.82, 2.24) is 10.6 Å². The molecule has 214 valence electrons. The number of amides is 2. The van der Waals surface area contributed by atoms with E-state index in [2.05, 4.69) is 10.6 Å². The highest BCUT2D eigenvalue weighted by Crippen LogP contribution is 2.26. The number of carboxylic acids is 2. The maximum atomic E-state index is 13.0. The number of rotatable bonds is 15. The Kier molecular flexibility index (Phi) is 13.5. The highest BCUT2D eigenvalue weighted by Gasteiger charge is 2.35. The summed E-state index contributed by atoms with van der Waals surface area (Å²) in [6, 6.07) is 4.88. The maximum Gasteiger partial charge on any atom is 0.327 e. The van der Waals surface area contributed by atoms with Gasteiger partial charge in [0.15, 0.2) is 0 Å². The predicted molar refractivity (Wildman–Crippen MR) is 149 cm³/mol. The summed E-state index contributed by atoms with van der Waals surface area (Å²) in [6.07, 6.45) is -0.740. The van der Waals surface area contributed by atoms with Crippen LogP contribution in [0.3, 0.4) is 0 Å². The molecule has 1 rings (SSSR count). The van der Waals surface area contributed by atoms with Crippen LogP contribution in [0.15, 0.2) is 24.3 Å². The van der Waals surface area contributed by atoms with Gasteiger partial charge in [0, 0.05) is 17.9 Å². The lowest BCUT2D eigenvalue weighted by molar-refractivity contribution is -0.147. The summed E-state index contributed by atoms with van der Waals surface area (Å²) in [6.45, 7) is 11.3. The van der Waals surface area contributed by atoms with Crippen LogP contribution in [0.25, 0.3) is 0 Å². The fourth-order valence-corrected chi connectivity index (χ4v) is 5.49. The minimum Gasteiger partial charge on any atom is -0.497 e. The zero-order valence-electron chi connectivity index (χ0n) is 23.0. The number of hydrogen-bond donors (Lipinski definition) is 4. The van der Waals surface area contributed by atoms with E-state index in [1.807, 2.05) is 53.7 Å². The van der Waals surface area contributed by atoms with Gasteiger partial charge in [0.05, 0.1) is 13.7 Å². The molecular weight excluding hydrogens is 532 g/mol. The second-order valence-corrected chi connectivity index (χ2v) is 13.6. The van der Waals surface area contributed by atoms with Gasteiger partial charge in [-0.25, -0.2) is 9.59 Å². The van der Waals surface area contributed by atoms with Gasteiger partial charge >= 0.3 is 11.9 Å². The molecule has 2 unspecified atom stereocenters. The Morgan fingerprint density at radius 1 is 0.868 bits per heavy atom. The standard InChI is InChI=1S/C26H40N2O8S2/c1-25(2,3)12-20(29)27-18(23(31)32)14-37-38-15-19(24(33)34)28-22(30)21(26(4,5)6)36-13-16-8-10-17(35-7)11-9-16/h8-11,18-19,21H,12-15H2,1-7H3,(H,27,29)(H,28,30)(H,31,32)(H,33,34)/t18?,19?,21-/m0/s1. The normalized spacial score (nSPS) is 14.2. The molecule has 0 aliphatic carbocycles. The van der Waals surface area contributed by atoms with Crippen LogP contribution in [-0.2, 0) is 30.5 Å². The minimum absolute atomic E-state index is 0.0106. The molecule has 0 saturated carbocycles. The number of nitrogens with one attached hydrogen (secondary N) is 2. The number of carbonyl (C=O) groups is 4. The van der Waals surface area contributed by atoms with Crippen molar-refractivity contribution >= 4 is 45.3 Å². The van der Waals surface area contributed by atoms with Crippen LogP contribution in [0.4, 0.5) is 0 Å². The lowest BCUT2D eigenvalue weighted by Crippen LogP contribution is -2.51. The van der Waals surface area contributed by atoms with E-state index in [4.69, 9.17) is 9.47 Å². The van der Waals surface area contributed by atoms with Crippen molar-refractivity contribution in [2.24, 2.45) is 10.8 Å². The number of carboxylic acid groups (broad SMARTS) is 2. The quantitative estimate of drug-likeness (QED) is 0.181. The molecule has 10 nitrogen and oxygen atoms in total. The average molecular weight is 573 g/mol. The fourth-order valence-electron chi connectivity index (χ4n) is 3.18. The molecule has 1 aromatic rings. The smallest absolute Gasteiger partial charge is 0.327 e. The first-order valence-electron chi connectivity index (χ1n) is 12.1. The summed E-state index contributed by atoms with van der Waals surface area (Å²) < 4.78 is 11.0. The SMILES string of the molecule is COc1ccc(CO[C@@H](C(=O)NC(CSSCC(NC(=O)CC(C)(C)C)C(=O)O)C(=O)O)C(C)(C)C)cc1. The first-order valence-corrected chi connectivity index (χ1v) is 14.6. The number of methoxy groups -OCH3 is 1. The summed E-state index contributed by atoms with van der Waals surface area (Å²) in [5.74, 6) is -2.60. The van der Waals surface area contributed by atoms with Crippen LogP contribution in [0.1, 0.15) is 53.5 Å².